The highest BCUT2D eigenvalue weighted by Gasteiger charge is 2.08. The lowest BCUT2D eigenvalue weighted by Crippen LogP contribution is -2.21. The average Bonchev–Trinajstić information content (AvgIpc) is 2.08. The fraction of sp³-hybridized carbons (Fsp3) is 0.333. The van der Waals surface area contributed by atoms with E-state index in [0.717, 1.165) is 5.56 Å². The van der Waals surface area contributed by atoms with Crippen LogP contribution < -0.4 is 11.5 Å². The van der Waals surface area contributed by atoms with Gasteiger partial charge in [0.25, 0.3) is 0 Å². The van der Waals surface area contributed by atoms with E-state index in [4.69, 9.17) is 11.5 Å². The molecule has 1 aromatic rings. The molecule has 1 atom stereocenters. The van der Waals surface area contributed by atoms with Gasteiger partial charge in [-0.05, 0) is 24.1 Å². The quantitative estimate of drug-likeness (QED) is 0.768. The molecule has 0 heterocycles. The molecule has 0 saturated heterocycles. The summed E-state index contributed by atoms with van der Waals surface area (Å²) in [5.41, 5.74) is 12.4. The van der Waals surface area contributed by atoms with Crippen molar-refractivity contribution >= 4 is 12.4 Å². The van der Waals surface area contributed by atoms with E-state index in [0.29, 0.717) is 12.1 Å². The van der Waals surface area contributed by atoms with Gasteiger partial charge in [0.05, 0.1) is 0 Å². The molecule has 0 aromatic heterocycles. The Balaban J connectivity index is 0.00000144. The Morgan fingerprint density at radius 3 is 2.62 bits per heavy atom. The van der Waals surface area contributed by atoms with Gasteiger partial charge in [0, 0.05) is 12.6 Å². The second-order valence-corrected chi connectivity index (χ2v) is 2.80. The Morgan fingerprint density at radius 1 is 1.46 bits per heavy atom. The summed E-state index contributed by atoms with van der Waals surface area (Å²) in [5.74, 6) is -0.226. The van der Waals surface area contributed by atoms with Crippen LogP contribution in [0.3, 0.4) is 0 Å². The van der Waals surface area contributed by atoms with E-state index in [1.165, 1.54) is 6.07 Å². The third-order valence-electron chi connectivity index (χ3n) is 1.96. The van der Waals surface area contributed by atoms with E-state index in [9.17, 15) is 4.39 Å². The Kier molecular flexibility index (Phi) is 4.91. The minimum absolute atomic E-state index is 0. The summed E-state index contributed by atoms with van der Waals surface area (Å²) in [6.07, 6.45) is 0. The van der Waals surface area contributed by atoms with Crippen LogP contribution in [0, 0.1) is 12.7 Å². The first-order chi connectivity index (χ1) is 5.66. The summed E-state index contributed by atoms with van der Waals surface area (Å²) < 4.78 is 13.0. The predicted molar refractivity (Wildman–Crippen MR) is 54.4 cm³/mol. The number of hydrogen-bond donors (Lipinski definition) is 2. The maximum atomic E-state index is 13.0. The van der Waals surface area contributed by atoms with Crippen LogP contribution in [0.2, 0.25) is 0 Å². The van der Waals surface area contributed by atoms with Gasteiger partial charge >= 0.3 is 0 Å². The molecule has 0 aliphatic carbocycles. The molecule has 0 aliphatic heterocycles. The van der Waals surface area contributed by atoms with Crippen LogP contribution >= 0.6 is 12.4 Å². The normalized spacial score (nSPS) is 12.0. The molecule has 13 heavy (non-hydrogen) atoms. The summed E-state index contributed by atoms with van der Waals surface area (Å²) in [5, 5.41) is 0. The van der Waals surface area contributed by atoms with Gasteiger partial charge in [-0.25, -0.2) is 4.39 Å². The van der Waals surface area contributed by atoms with Crippen molar-refractivity contribution in [2.24, 2.45) is 11.5 Å². The molecular weight excluding hydrogens is 191 g/mol. The van der Waals surface area contributed by atoms with E-state index in [1.54, 1.807) is 19.1 Å². The van der Waals surface area contributed by atoms with Gasteiger partial charge < -0.3 is 11.5 Å². The molecule has 4 N–H and O–H groups in total. The van der Waals surface area contributed by atoms with Crippen molar-refractivity contribution in [3.8, 4) is 0 Å². The lowest BCUT2D eigenvalue weighted by molar-refractivity contribution is 0.608. The number of nitrogens with two attached hydrogens (primary N) is 2. The van der Waals surface area contributed by atoms with Crippen LogP contribution in [0.15, 0.2) is 18.2 Å². The highest BCUT2D eigenvalue weighted by molar-refractivity contribution is 5.85. The van der Waals surface area contributed by atoms with Gasteiger partial charge in [0.1, 0.15) is 5.82 Å². The van der Waals surface area contributed by atoms with Crippen LogP contribution in [0.4, 0.5) is 4.39 Å². The maximum Gasteiger partial charge on any atom is 0.126 e. The van der Waals surface area contributed by atoms with Gasteiger partial charge in [-0.2, -0.15) is 0 Å². The standard InChI is InChI=1S/C9H13FN2.ClH/c1-6-7(9(12)5-11)3-2-4-8(6)10;/h2-4,9H,5,11-12H2,1H3;1H/t9-;/m0./s1. The predicted octanol–water partition coefficient (Wildman–Crippen LogP) is 1.51. The fourth-order valence-corrected chi connectivity index (χ4v) is 1.15. The first-order valence-electron chi connectivity index (χ1n) is 3.87. The Hall–Kier alpha value is -0.640. The molecule has 4 heteroatoms. The minimum atomic E-state index is -0.263. The topological polar surface area (TPSA) is 52.0 Å². The molecule has 0 saturated carbocycles. The minimum Gasteiger partial charge on any atom is -0.329 e. The Morgan fingerprint density at radius 2 is 2.08 bits per heavy atom. The molecular formula is C9H14ClFN2. The monoisotopic (exact) mass is 204 g/mol. The first-order valence-corrected chi connectivity index (χ1v) is 3.87. The zero-order valence-corrected chi connectivity index (χ0v) is 8.27. The molecule has 0 fully saturated rings. The zero-order valence-electron chi connectivity index (χ0n) is 7.46. The Bertz CT molecular complexity index is 278. The summed E-state index contributed by atoms with van der Waals surface area (Å²) in [6, 6.07) is 4.60. The maximum absolute atomic E-state index is 13.0. The van der Waals surface area contributed by atoms with Crippen molar-refractivity contribution < 1.29 is 4.39 Å². The summed E-state index contributed by atoms with van der Waals surface area (Å²) in [7, 11) is 0. The molecule has 0 unspecified atom stereocenters. The number of rotatable bonds is 2. The molecule has 2 nitrogen and oxygen atoms in total. The first kappa shape index (κ1) is 12.4. The Labute approximate surface area is 83.5 Å². The average molecular weight is 205 g/mol. The van der Waals surface area contributed by atoms with Crippen molar-refractivity contribution in [3.63, 3.8) is 0 Å². The van der Waals surface area contributed by atoms with Gasteiger partial charge in [-0.1, -0.05) is 12.1 Å². The number of benzene rings is 1. The van der Waals surface area contributed by atoms with Crippen LogP contribution in [-0.4, -0.2) is 6.54 Å². The van der Waals surface area contributed by atoms with Crippen molar-refractivity contribution in [2.75, 3.05) is 6.54 Å². The molecule has 0 amide bonds. The molecule has 1 aromatic carbocycles. The summed E-state index contributed by atoms with van der Waals surface area (Å²) >= 11 is 0. The van der Waals surface area contributed by atoms with E-state index in [1.807, 2.05) is 0 Å². The van der Waals surface area contributed by atoms with E-state index >= 15 is 0 Å². The fourth-order valence-electron chi connectivity index (χ4n) is 1.15. The van der Waals surface area contributed by atoms with E-state index in [-0.39, 0.29) is 24.3 Å². The third-order valence-corrected chi connectivity index (χ3v) is 1.96. The molecule has 0 spiro atoms. The lowest BCUT2D eigenvalue weighted by atomic mass is 10.0. The summed E-state index contributed by atoms with van der Waals surface area (Å²) in [6.45, 7) is 2.05. The highest BCUT2D eigenvalue weighted by atomic mass is 35.5. The second kappa shape index (κ2) is 5.17. The number of halogens is 2. The molecule has 0 radical (unpaired) electrons. The molecule has 1 rings (SSSR count). The van der Waals surface area contributed by atoms with Crippen molar-refractivity contribution in [1.29, 1.82) is 0 Å². The SMILES string of the molecule is Cc1c(F)cccc1[C@@H](N)CN.Cl. The lowest BCUT2D eigenvalue weighted by Gasteiger charge is -2.12. The van der Waals surface area contributed by atoms with Crippen LogP contribution in [0.5, 0.6) is 0 Å². The van der Waals surface area contributed by atoms with Gasteiger partial charge in [0.15, 0.2) is 0 Å². The van der Waals surface area contributed by atoms with Crippen molar-refractivity contribution in [1.82, 2.24) is 0 Å². The highest BCUT2D eigenvalue weighted by Crippen LogP contribution is 2.16. The number of hydrogen-bond acceptors (Lipinski definition) is 2. The zero-order chi connectivity index (χ0) is 9.14. The van der Waals surface area contributed by atoms with Gasteiger partial charge in [-0.3, -0.25) is 0 Å². The summed E-state index contributed by atoms with van der Waals surface area (Å²) in [4.78, 5) is 0. The molecule has 74 valence electrons. The van der Waals surface area contributed by atoms with E-state index < -0.39 is 0 Å². The smallest absolute Gasteiger partial charge is 0.126 e. The van der Waals surface area contributed by atoms with Crippen LogP contribution in [0.1, 0.15) is 17.2 Å². The van der Waals surface area contributed by atoms with E-state index in [2.05, 4.69) is 0 Å². The van der Waals surface area contributed by atoms with Crippen LogP contribution in [-0.2, 0) is 0 Å². The molecule has 0 aliphatic rings. The third kappa shape index (κ3) is 2.66. The van der Waals surface area contributed by atoms with Gasteiger partial charge in [-0.15, -0.1) is 12.4 Å². The molecule has 0 bridgehead atoms. The largest absolute Gasteiger partial charge is 0.329 e. The van der Waals surface area contributed by atoms with Crippen molar-refractivity contribution in [3.05, 3.63) is 35.1 Å². The van der Waals surface area contributed by atoms with Crippen LogP contribution in [0.25, 0.3) is 0 Å². The second-order valence-electron chi connectivity index (χ2n) is 2.80. The van der Waals surface area contributed by atoms with Crippen molar-refractivity contribution in [2.45, 2.75) is 13.0 Å². The van der Waals surface area contributed by atoms with Gasteiger partial charge in [0.2, 0.25) is 0 Å².